The first-order chi connectivity index (χ1) is 9.06. The van der Waals surface area contributed by atoms with Gasteiger partial charge in [0, 0.05) is 6.54 Å². The number of aryl methyl sites for hydroxylation is 2. The molecule has 0 amide bonds. The van der Waals surface area contributed by atoms with Crippen LogP contribution in [0.4, 0.5) is 0 Å². The van der Waals surface area contributed by atoms with Crippen molar-refractivity contribution in [3.05, 3.63) is 29.7 Å². The molecule has 2 heterocycles. The van der Waals surface area contributed by atoms with Crippen LogP contribution in [0.15, 0.2) is 12.4 Å². The van der Waals surface area contributed by atoms with Gasteiger partial charge in [0.25, 0.3) is 0 Å². The number of rotatable bonds is 5. The van der Waals surface area contributed by atoms with Gasteiger partial charge in [-0.3, -0.25) is 4.98 Å². The van der Waals surface area contributed by atoms with Gasteiger partial charge in [0.2, 0.25) is 0 Å². The zero-order valence-electron chi connectivity index (χ0n) is 11.9. The Morgan fingerprint density at radius 1 is 1.21 bits per heavy atom. The van der Waals surface area contributed by atoms with E-state index in [1.807, 2.05) is 13.8 Å². The Morgan fingerprint density at radius 3 is 2.53 bits per heavy atom. The molecule has 0 atom stereocenters. The Hall–Kier alpha value is -1.82. The lowest BCUT2D eigenvalue weighted by Gasteiger charge is -2.07. The van der Waals surface area contributed by atoms with Crippen molar-refractivity contribution in [3.63, 3.8) is 0 Å². The van der Waals surface area contributed by atoms with Crippen LogP contribution in [-0.4, -0.2) is 31.3 Å². The second-order valence-corrected chi connectivity index (χ2v) is 5.01. The third-order valence-corrected chi connectivity index (χ3v) is 2.64. The molecule has 0 radical (unpaired) electrons. The molecule has 6 heteroatoms. The SMILES string of the molecule is Cc1nc(C)n(-c2cnc(CNCC(C)C)cn2)n1. The summed E-state index contributed by atoms with van der Waals surface area (Å²) in [6.07, 6.45) is 3.51. The van der Waals surface area contributed by atoms with Gasteiger partial charge in [-0.2, -0.15) is 4.68 Å². The topological polar surface area (TPSA) is 68.5 Å². The maximum absolute atomic E-state index is 4.39. The van der Waals surface area contributed by atoms with Crippen molar-refractivity contribution in [2.75, 3.05) is 6.54 Å². The summed E-state index contributed by atoms with van der Waals surface area (Å²) in [7, 11) is 0. The van der Waals surface area contributed by atoms with E-state index in [9.17, 15) is 0 Å². The first kappa shape index (κ1) is 13.6. The normalized spacial score (nSPS) is 11.2. The standard InChI is InChI=1S/C13H20N6/c1-9(2)5-14-6-12-7-16-13(8-15-12)19-11(4)17-10(3)18-19/h7-9,14H,5-6H2,1-4H3. The van der Waals surface area contributed by atoms with Crippen LogP contribution >= 0.6 is 0 Å². The van der Waals surface area contributed by atoms with Crippen LogP contribution in [0.5, 0.6) is 0 Å². The molecule has 1 N–H and O–H groups in total. The predicted molar refractivity (Wildman–Crippen MR) is 73.0 cm³/mol. The number of hydrogen-bond donors (Lipinski definition) is 1. The van der Waals surface area contributed by atoms with E-state index in [0.29, 0.717) is 11.7 Å². The second kappa shape index (κ2) is 5.88. The molecule has 0 unspecified atom stereocenters. The minimum Gasteiger partial charge on any atom is -0.311 e. The quantitative estimate of drug-likeness (QED) is 0.880. The Labute approximate surface area is 113 Å². The van der Waals surface area contributed by atoms with Gasteiger partial charge in [-0.15, -0.1) is 5.10 Å². The second-order valence-electron chi connectivity index (χ2n) is 5.01. The molecule has 2 aromatic rings. The van der Waals surface area contributed by atoms with Gasteiger partial charge < -0.3 is 5.32 Å². The maximum Gasteiger partial charge on any atom is 0.174 e. The zero-order chi connectivity index (χ0) is 13.8. The number of nitrogens with one attached hydrogen (secondary N) is 1. The van der Waals surface area contributed by atoms with Crippen molar-refractivity contribution >= 4 is 0 Å². The molecular weight excluding hydrogens is 240 g/mol. The molecule has 0 aliphatic rings. The Balaban J connectivity index is 2.04. The number of hydrogen-bond acceptors (Lipinski definition) is 5. The van der Waals surface area contributed by atoms with Crippen LogP contribution in [0.25, 0.3) is 5.82 Å². The number of aromatic nitrogens is 5. The zero-order valence-corrected chi connectivity index (χ0v) is 11.9. The summed E-state index contributed by atoms with van der Waals surface area (Å²) in [5.74, 6) is 2.89. The van der Waals surface area contributed by atoms with Crippen molar-refractivity contribution in [2.24, 2.45) is 5.92 Å². The molecule has 0 spiro atoms. The number of nitrogens with zero attached hydrogens (tertiary/aromatic N) is 5. The van der Waals surface area contributed by atoms with Crippen molar-refractivity contribution in [3.8, 4) is 5.82 Å². The molecule has 102 valence electrons. The van der Waals surface area contributed by atoms with Gasteiger partial charge >= 0.3 is 0 Å². The molecule has 6 nitrogen and oxygen atoms in total. The van der Waals surface area contributed by atoms with Gasteiger partial charge in [-0.1, -0.05) is 13.8 Å². The summed E-state index contributed by atoms with van der Waals surface area (Å²) in [4.78, 5) is 13.0. The highest BCUT2D eigenvalue weighted by molar-refractivity contribution is 5.19. The average Bonchev–Trinajstić information content (AvgIpc) is 2.69. The van der Waals surface area contributed by atoms with Crippen LogP contribution in [0.1, 0.15) is 31.2 Å². The van der Waals surface area contributed by atoms with Gasteiger partial charge in [0.05, 0.1) is 18.1 Å². The highest BCUT2D eigenvalue weighted by atomic mass is 15.4. The third kappa shape index (κ3) is 3.57. The van der Waals surface area contributed by atoms with Gasteiger partial charge in [-0.25, -0.2) is 9.97 Å². The molecule has 0 fully saturated rings. The molecule has 0 bridgehead atoms. The van der Waals surface area contributed by atoms with Gasteiger partial charge in [0.1, 0.15) is 11.6 Å². The summed E-state index contributed by atoms with van der Waals surface area (Å²) in [6.45, 7) is 9.84. The molecular formula is C13H20N6. The lowest BCUT2D eigenvalue weighted by molar-refractivity contribution is 0.547. The Kier molecular flexibility index (Phi) is 4.21. The fraction of sp³-hybridized carbons (Fsp3) is 0.538. The van der Waals surface area contributed by atoms with Gasteiger partial charge in [0.15, 0.2) is 5.82 Å². The van der Waals surface area contributed by atoms with Crippen molar-refractivity contribution < 1.29 is 0 Å². The molecule has 0 aliphatic heterocycles. The van der Waals surface area contributed by atoms with E-state index in [1.54, 1.807) is 17.1 Å². The van der Waals surface area contributed by atoms with E-state index in [1.165, 1.54) is 0 Å². The van der Waals surface area contributed by atoms with E-state index >= 15 is 0 Å². The Morgan fingerprint density at radius 2 is 2.00 bits per heavy atom. The summed E-state index contributed by atoms with van der Waals surface area (Å²) in [6, 6.07) is 0. The van der Waals surface area contributed by atoms with E-state index in [2.05, 4.69) is 39.2 Å². The minimum atomic E-state index is 0.632. The lowest BCUT2D eigenvalue weighted by atomic mass is 10.2. The monoisotopic (exact) mass is 260 g/mol. The summed E-state index contributed by atoms with van der Waals surface area (Å²) < 4.78 is 1.70. The van der Waals surface area contributed by atoms with E-state index in [-0.39, 0.29) is 0 Å². The molecule has 0 aromatic carbocycles. The highest BCUT2D eigenvalue weighted by Crippen LogP contribution is 2.05. The van der Waals surface area contributed by atoms with Crippen LogP contribution < -0.4 is 5.32 Å². The van der Waals surface area contributed by atoms with Crippen molar-refractivity contribution in [2.45, 2.75) is 34.2 Å². The summed E-state index contributed by atoms with van der Waals surface area (Å²) in [5, 5.41) is 7.62. The highest BCUT2D eigenvalue weighted by Gasteiger charge is 2.06. The van der Waals surface area contributed by atoms with Crippen molar-refractivity contribution in [1.29, 1.82) is 0 Å². The average molecular weight is 260 g/mol. The lowest BCUT2D eigenvalue weighted by Crippen LogP contribution is -2.19. The van der Waals surface area contributed by atoms with Crippen LogP contribution in [0, 0.1) is 19.8 Å². The third-order valence-electron chi connectivity index (χ3n) is 2.64. The fourth-order valence-corrected chi connectivity index (χ4v) is 1.78. The summed E-state index contributed by atoms with van der Waals surface area (Å²) in [5.41, 5.74) is 0.930. The molecule has 0 saturated heterocycles. The Bertz CT molecular complexity index is 529. The maximum atomic E-state index is 4.39. The molecule has 2 rings (SSSR count). The predicted octanol–water partition coefficient (Wildman–Crippen LogP) is 1.42. The van der Waals surface area contributed by atoms with E-state index < -0.39 is 0 Å². The largest absolute Gasteiger partial charge is 0.311 e. The molecule has 0 aliphatic carbocycles. The molecule has 0 saturated carbocycles. The fourth-order valence-electron chi connectivity index (χ4n) is 1.78. The molecule has 19 heavy (non-hydrogen) atoms. The van der Waals surface area contributed by atoms with Crippen LogP contribution in [0.2, 0.25) is 0 Å². The van der Waals surface area contributed by atoms with Crippen molar-refractivity contribution in [1.82, 2.24) is 30.0 Å². The summed E-state index contributed by atoms with van der Waals surface area (Å²) >= 11 is 0. The first-order valence-corrected chi connectivity index (χ1v) is 6.48. The smallest absolute Gasteiger partial charge is 0.174 e. The van der Waals surface area contributed by atoms with Gasteiger partial charge in [-0.05, 0) is 26.3 Å². The van der Waals surface area contributed by atoms with E-state index in [0.717, 1.165) is 30.4 Å². The molecule has 2 aromatic heterocycles. The van der Waals surface area contributed by atoms with Crippen LogP contribution in [-0.2, 0) is 6.54 Å². The first-order valence-electron chi connectivity index (χ1n) is 6.48. The minimum absolute atomic E-state index is 0.632. The van der Waals surface area contributed by atoms with Crippen LogP contribution in [0.3, 0.4) is 0 Å². The van der Waals surface area contributed by atoms with E-state index in [4.69, 9.17) is 0 Å².